The topological polar surface area (TPSA) is 545 Å². The van der Waals surface area contributed by atoms with Crippen LogP contribution in [0.4, 0.5) is 0 Å². The molecule has 35 heteroatoms. The lowest BCUT2D eigenvalue weighted by atomic mass is 9.33. The third-order valence-electron chi connectivity index (χ3n) is 29.0. The average Bonchev–Trinajstić information content (AvgIpc) is 0.669. The van der Waals surface area contributed by atoms with E-state index >= 15 is 4.79 Å². The average molecular weight is 1700 g/mol. The Morgan fingerprint density at radius 3 is 1.75 bits per heavy atom. The molecule has 6 heterocycles. The molecule has 11 aliphatic rings. The summed E-state index contributed by atoms with van der Waals surface area (Å²) in [6.45, 7) is 26.1. The lowest BCUT2D eigenvalue weighted by Gasteiger charge is -2.71. The number of aliphatic hydroxyl groups excluding tert-OH is 16. The van der Waals surface area contributed by atoms with Crippen LogP contribution in [0.25, 0.3) is 0 Å². The summed E-state index contributed by atoms with van der Waals surface area (Å²) in [5.74, 6) is -3.91. The van der Waals surface area contributed by atoms with E-state index < -0.39 is 279 Å². The summed E-state index contributed by atoms with van der Waals surface area (Å²) in [6, 6.07) is 0. The lowest BCUT2D eigenvalue weighted by molar-refractivity contribution is -0.381. The fourth-order valence-corrected chi connectivity index (χ4v) is 21.1. The monoisotopic (exact) mass is 1700 g/mol. The van der Waals surface area contributed by atoms with Gasteiger partial charge in [-0.15, -0.1) is 13.2 Å². The van der Waals surface area contributed by atoms with E-state index in [9.17, 15) is 102 Å². The van der Waals surface area contributed by atoms with Crippen molar-refractivity contribution >= 4 is 17.9 Å². The molecule has 119 heavy (non-hydrogen) atoms. The van der Waals surface area contributed by atoms with Crippen LogP contribution in [0.5, 0.6) is 0 Å². The zero-order chi connectivity index (χ0) is 87.7. The molecule has 5 aliphatic carbocycles. The summed E-state index contributed by atoms with van der Waals surface area (Å²) in [7, 11) is 0. The van der Waals surface area contributed by atoms with E-state index in [1.54, 1.807) is 0 Å². The number of aliphatic hydroxyl groups is 18. The number of fused-ring (bicyclic) bond motifs is 7. The quantitative estimate of drug-likeness (QED) is 0.0159. The summed E-state index contributed by atoms with van der Waals surface area (Å²) in [5, 5.41) is 202. The van der Waals surface area contributed by atoms with E-state index in [0.717, 1.165) is 5.57 Å². The van der Waals surface area contributed by atoms with Crippen molar-refractivity contribution in [3.05, 3.63) is 60.3 Å². The highest BCUT2D eigenvalue weighted by atomic mass is 16.8. The second-order valence-corrected chi connectivity index (χ2v) is 37.8. The predicted octanol–water partition coefficient (Wildman–Crippen LogP) is -0.682. The van der Waals surface area contributed by atoms with Crippen molar-refractivity contribution in [2.75, 3.05) is 33.0 Å². The highest BCUT2D eigenvalue weighted by Gasteiger charge is 2.73. The molecule has 4 saturated carbocycles. The molecule has 0 radical (unpaired) electrons. The van der Waals surface area contributed by atoms with E-state index in [1.165, 1.54) is 58.9 Å². The summed E-state index contributed by atoms with van der Waals surface area (Å²) < 4.78 is 85.4. The van der Waals surface area contributed by atoms with E-state index in [4.69, 9.17) is 66.3 Å². The van der Waals surface area contributed by atoms with Gasteiger partial charge in [0.05, 0.1) is 74.2 Å². The Balaban J connectivity index is 0.895. The Labute approximate surface area is 693 Å². The van der Waals surface area contributed by atoms with Crippen LogP contribution in [-0.2, 0) is 80.7 Å². The molecule has 0 spiro atoms. The molecule has 18 N–H and O–H groups in total. The number of esters is 3. The van der Waals surface area contributed by atoms with Gasteiger partial charge in [-0.05, 0) is 163 Å². The number of carbonyl (C=O) groups excluding carboxylic acids is 3. The number of allylic oxidation sites excluding steroid dienone is 4. The Bertz CT molecular complexity index is 3610. The Kier molecular flexibility index (Phi) is 29.8. The third kappa shape index (κ3) is 18.8. The van der Waals surface area contributed by atoms with E-state index in [1.807, 2.05) is 0 Å². The molecule has 39 unspecified atom stereocenters. The van der Waals surface area contributed by atoms with E-state index in [2.05, 4.69) is 67.7 Å². The maximum atomic E-state index is 16.4. The minimum absolute atomic E-state index is 0.00594. The predicted molar refractivity (Wildman–Crippen MR) is 411 cm³/mol. The van der Waals surface area contributed by atoms with Crippen LogP contribution in [-0.4, -0.2) is 338 Å². The standard InChI is InChI=1S/C84H132O35/c1-15-79(10,104)25-17-19-38(3)68(101)115-67-65(114-69(102)41(33-85)20-18-26-80(11,105)16-2)52(90)39(4)109-74(67)108-37-47-55(93)57(95)66(118-72-61(99)58(96)63(40(5)110-72)116-71-62(100)64(45(88)36-107-71)117-70-59(97)53(91)44(87)35-106-70)75(112-47)119-76(103)84-30-29-77(6,7)31-43(84)42-21-22-49-81(12)27-24-51(113-73-60(98)56(94)54(92)46(34-86)111-73)78(8,9)48(81)23-28-82(49,13)83(42,14)32-50(84)89/h15-16,19-21,39-40,43-67,70-75,85-100,104-105H,1-2,17-18,22-37H2,3-14H3. The van der Waals surface area contributed by atoms with Gasteiger partial charge in [0.15, 0.2) is 49.8 Å². The molecule has 10 fully saturated rings. The lowest BCUT2D eigenvalue weighted by Crippen LogP contribution is -2.69. The second kappa shape index (κ2) is 37.1. The summed E-state index contributed by atoms with van der Waals surface area (Å²) in [4.78, 5) is 44.7. The van der Waals surface area contributed by atoms with Gasteiger partial charge in [0.2, 0.25) is 6.29 Å². The maximum absolute atomic E-state index is 16.4. The molecule has 678 valence electrons. The first-order valence-electron chi connectivity index (χ1n) is 41.9. The molecule has 0 aromatic heterocycles. The molecule has 0 aromatic rings. The van der Waals surface area contributed by atoms with Crippen LogP contribution in [0.2, 0.25) is 0 Å². The normalized spacial score (nSPS) is 47.2. The summed E-state index contributed by atoms with van der Waals surface area (Å²) in [5.41, 5.74) is -6.46. The van der Waals surface area contributed by atoms with Crippen LogP contribution in [0.3, 0.4) is 0 Å². The van der Waals surface area contributed by atoms with Gasteiger partial charge in [-0.2, -0.15) is 0 Å². The summed E-state index contributed by atoms with van der Waals surface area (Å²) in [6.07, 6.45) is -39.2. The van der Waals surface area contributed by atoms with Gasteiger partial charge in [-0.1, -0.05) is 84.4 Å². The zero-order valence-electron chi connectivity index (χ0n) is 70.1. The van der Waals surface area contributed by atoms with Gasteiger partial charge in [0, 0.05) is 5.57 Å². The molecular weight excluding hydrogens is 1570 g/mol. The highest BCUT2D eigenvalue weighted by molar-refractivity contribution is 5.89. The smallest absolute Gasteiger partial charge is 0.336 e. The van der Waals surface area contributed by atoms with Crippen molar-refractivity contribution in [2.45, 2.75) is 362 Å². The number of hydrogen-bond acceptors (Lipinski definition) is 35. The number of hydrogen-bond donors (Lipinski definition) is 18. The number of ether oxygens (including phenoxy) is 14. The van der Waals surface area contributed by atoms with Gasteiger partial charge in [-0.3, -0.25) is 4.79 Å². The molecule has 0 amide bonds. The van der Waals surface area contributed by atoms with Gasteiger partial charge in [0.1, 0.15) is 109 Å². The van der Waals surface area contributed by atoms with Gasteiger partial charge in [0.25, 0.3) is 0 Å². The summed E-state index contributed by atoms with van der Waals surface area (Å²) >= 11 is 0. The van der Waals surface area contributed by atoms with Crippen LogP contribution in [0.1, 0.15) is 167 Å². The largest absolute Gasteiger partial charge is 0.452 e. The Hall–Kier alpha value is -4.05. The first kappa shape index (κ1) is 95.6. The number of rotatable bonds is 27. The Morgan fingerprint density at radius 2 is 1.10 bits per heavy atom. The van der Waals surface area contributed by atoms with Crippen molar-refractivity contribution in [3.63, 3.8) is 0 Å². The highest BCUT2D eigenvalue weighted by Crippen LogP contribution is 2.76. The van der Waals surface area contributed by atoms with Crippen molar-refractivity contribution in [3.8, 4) is 0 Å². The van der Waals surface area contributed by atoms with Gasteiger partial charge in [-0.25, -0.2) is 9.59 Å². The third-order valence-corrected chi connectivity index (χ3v) is 29.0. The molecular formula is C84H132O35. The van der Waals surface area contributed by atoms with Crippen LogP contribution in [0, 0.1) is 50.2 Å². The SMILES string of the molecule is C=CC(C)(O)CCC=C(C)C(=O)OC1C(OCC2OC(OC(=O)C34CCC(C)(C)CC3C3=CCC5C6(C)CCC(OC7OC(CO)C(O)C(O)C7O)C(C)(C)C6CCC5(C)C3(C)CC4O)C(OC3OC(C)C(OC4OCC(O)C(OC5OCC(O)C(O)C5O)C4O)C(O)C3O)C(O)C2O)OC(C)C(O)C1OC(=O)C(=CCCC(C)(O)C=C)CO. The minimum Gasteiger partial charge on any atom is -0.452 e. The van der Waals surface area contributed by atoms with E-state index in [0.29, 0.717) is 44.9 Å². The molecule has 35 nitrogen and oxygen atoms in total. The molecule has 0 bridgehead atoms. The van der Waals surface area contributed by atoms with Gasteiger partial charge >= 0.3 is 17.9 Å². The maximum Gasteiger partial charge on any atom is 0.336 e. The second-order valence-electron chi connectivity index (χ2n) is 37.8. The fraction of sp³-hybridized carbons (Fsp3) is 0.845. The van der Waals surface area contributed by atoms with Crippen molar-refractivity contribution < 1.29 is 173 Å². The molecule has 0 aromatic carbocycles. The molecule has 6 saturated heterocycles. The molecule has 11 rings (SSSR count). The molecule has 39 atom stereocenters. The zero-order valence-corrected chi connectivity index (χ0v) is 70.1. The minimum atomic E-state index is -2.24. The first-order chi connectivity index (χ1) is 55.6. The van der Waals surface area contributed by atoms with Crippen molar-refractivity contribution in [1.29, 1.82) is 0 Å². The first-order valence-corrected chi connectivity index (χ1v) is 41.9. The van der Waals surface area contributed by atoms with Crippen LogP contribution >= 0.6 is 0 Å². The molecule has 6 aliphatic heterocycles. The number of carbonyl (C=O) groups is 3. The van der Waals surface area contributed by atoms with Crippen LogP contribution in [0.15, 0.2) is 60.3 Å². The fourth-order valence-electron chi connectivity index (χ4n) is 21.1. The van der Waals surface area contributed by atoms with Crippen LogP contribution < -0.4 is 0 Å². The van der Waals surface area contributed by atoms with Gasteiger partial charge < -0.3 is 158 Å². The Morgan fingerprint density at radius 1 is 0.538 bits per heavy atom. The van der Waals surface area contributed by atoms with Crippen molar-refractivity contribution in [1.82, 2.24) is 0 Å². The van der Waals surface area contributed by atoms with E-state index in [-0.39, 0.29) is 66.9 Å². The van der Waals surface area contributed by atoms with Crippen molar-refractivity contribution in [2.24, 2.45) is 50.2 Å².